The minimum absolute atomic E-state index is 0.133. The van der Waals surface area contributed by atoms with Gasteiger partial charge in [0, 0.05) is 12.6 Å². The van der Waals surface area contributed by atoms with Crippen LogP contribution in [0, 0.1) is 0 Å². The van der Waals surface area contributed by atoms with E-state index < -0.39 is 36.6 Å². The van der Waals surface area contributed by atoms with Crippen molar-refractivity contribution < 1.29 is 23.0 Å². The van der Waals surface area contributed by atoms with E-state index in [4.69, 9.17) is 21.1 Å². The molecule has 1 amide bonds. The molecular formula is C15H19ClF2N2O3. The summed E-state index contributed by atoms with van der Waals surface area (Å²) in [7, 11) is 0. The van der Waals surface area contributed by atoms with E-state index in [2.05, 4.69) is 4.98 Å². The first-order chi connectivity index (χ1) is 10.6. The minimum atomic E-state index is -2.97. The van der Waals surface area contributed by atoms with Crippen LogP contribution in [0.3, 0.4) is 0 Å². The lowest BCUT2D eigenvalue weighted by Gasteiger charge is -2.28. The predicted octanol–water partition coefficient (Wildman–Crippen LogP) is 3.76. The summed E-state index contributed by atoms with van der Waals surface area (Å²) >= 11 is 5.91. The third-order valence-electron chi connectivity index (χ3n) is 3.14. The fourth-order valence-electron chi connectivity index (χ4n) is 2.23. The molecule has 128 valence electrons. The topological polar surface area (TPSA) is 51.7 Å². The average Bonchev–Trinajstić information content (AvgIpc) is 2.71. The lowest BCUT2D eigenvalue weighted by atomic mass is 10.2. The van der Waals surface area contributed by atoms with Crippen LogP contribution in [0.25, 0.3) is 0 Å². The van der Waals surface area contributed by atoms with Gasteiger partial charge in [0.15, 0.2) is 0 Å². The summed E-state index contributed by atoms with van der Waals surface area (Å²) < 4.78 is 38.0. The Balaban J connectivity index is 2.05. The molecular weight excluding hydrogens is 330 g/mol. The molecule has 2 rings (SSSR count). The maximum Gasteiger partial charge on any atom is 0.410 e. The van der Waals surface area contributed by atoms with Crippen molar-refractivity contribution in [3.8, 4) is 5.88 Å². The van der Waals surface area contributed by atoms with Gasteiger partial charge in [-0.2, -0.15) is 0 Å². The molecule has 1 atom stereocenters. The Bertz CT molecular complexity index is 578. The average molecular weight is 349 g/mol. The number of hydrogen-bond donors (Lipinski definition) is 0. The predicted molar refractivity (Wildman–Crippen MR) is 81.0 cm³/mol. The fourth-order valence-corrected chi connectivity index (χ4v) is 2.41. The van der Waals surface area contributed by atoms with Gasteiger partial charge < -0.3 is 9.47 Å². The Kier molecular flexibility index (Phi) is 4.98. The Morgan fingerprint density at radius 3 is 2.83 bits per heavy atom. The Morgan fingerprint density at radius 1 is 1.52 bits per heavy atom. The van der Waals surface area contributed by atoms with Crippen molar-refractivity contribution in [1.29, 1.82) is 0 Å². The highest BCUT2D eigenvalue weighted by Gasteiger charge is 2.48. The van der Waals surface area contributed by atoms with Crippen molar-refractivity contribution in [3.05, 3.63) is 23.4 Å². The van der Waals surface area contributed by atoms with E-state index in [1.807, 2.05) is 0 Å². The summed E-state index contributed by atoms with van der Waals surface area (Å²) in [6, 6.07) is 2.41. The van der Waals surface area contributed by atoms with Crippen molar-refractivity contribution in [3.63, 3.8) is 0 Å². The van der Waals surface area contributed by atoms with Crippen LogP contribution in [-0.4, -0.2) is 46.7 Å². The van der Waals surface area contributed by atoms with Crippen molar-refractivity contribution >= 4 is 17.7 Å². The zero-order chi connectivity index (χ0) is 17.3. The Labute approximate surface area is 138 Å². The molecule has 23 heavy (non-hydrogen) atoms. The van der Waals surface area contributed by atoms with Crippen LogP contribution in [0.5, 0.6) is 5.88 Å². The number of alkyl halides is 2. The van der Waals surface area contributed by atoms with Crippen molar-refractivity contribution in [2.45, 2.75) is 44.8 Å². The molecule has 1 saturated heterocycles. The highest BCUT2D eigenvalue weighted by atomic mass is 35.5. The number of carbonyl (C=O) groups excluding carboxylic acids is 1. The molecule has 0 aromatic carbocycles. The van der Waals surface area contributed by atoms with Crippen LogP contribution >= 0.6 is 11.6 Å². The first-order valence-electron chi connectivity index (χ1n) is 7.18. The molecule has 1 aromatic heterocycles. The fraction of sp³-hybridized carbons (Fsp3) is 0.600. The highest BCUT2D eigenvalue weighted by Crippen LogP contribution is 2.33. The molecule has 0 spiro atoms. The smallest absolute Gasteiger partial charge is 0.410 e. The zero-order valence-electron chi connectivity index (χ0n) is 13.2. The SMILES string of the molecule is CC(C)(C)OC(=O)N1CC(F)(F)C[C@@H]1COc1ncccc1Cl. The van der Waals surface area contributed by atoms with E-state index in [9.17, 15) is 13.6 Å². The van der Waals surface area contributed by atoms with E-state index in [0.717, 1.165) is 4.90 Å². The van der Waals surface area contributed by atoms with E-state index in [1.165, 1.54) is 6.20 Å². The molecule has 1 fully saturated rings. The molecule has 0 N–H and O–H groups in total. The number of carbonyl (C=O) groups is 1. The van der Waals surface area contributed by atoms with Gasteiger partial charge in [-0.3, -0.25) is 4.90 Å². The number of amides is 1. The van der Waals surface area contributed by atoms with Crippen molar-refractivity contribution in [2.75, 3.05) is 13.2 Å². The Morgan fingerprint density at radius 2 is 2.22 bits per heavy atom. The normalized spacial score (nSPS) is 20.4. The van der Waals surface area contributed by atoms with Crippen LogP contribution in [0.2, 0.25) is 5.02 Å². The van der Waals surface area contributed by atoms with Crippen LogP contribution in [0.15, 0.2) is 18.3 Å². The quantitative estimate of drug-likeness (QED) is 0.834. The van der Waals surface area contributed by atoms with Gasteiger partial charge in [-0.1, -0.05) is 11.6 Å². The van der Waals surface area contributed by atoms with Crippen LogP contribution in [0.4, 0.5) is 13.6 Å². The standard InChI is InChI=1S/C15H19ClF2N2O3/c1-14(2,3)23-13(21)20-9-15(17,18)7-10(20)8-22-12-11(16)5-4-6-19-12/h4-6,10H,7-9H2,1-3H3/t10-/m1/s1. The van der Waals surface area contributed by atoms with Crippen molar-refractivity contribution in [1.82, 2.24) is 9.88 Å². The lowest BCUT2D eigenvalue weighted by molar-refractivity contribution is -0.00275. The first-order valence-corrected chi connectivity index (χ1v) is 7.56. The van der Waals surface area contributed by atoms with Gasteiger partial charge in [0.05, 0.1) is 12.6 Å². The summed E-state index contributed by atoms with van der Waals surface area (Å²) in [4.78, 5) is 17.0. The van der Waals surface area contributed by atoms with Gasteiger partial charge in [-0.05, 0) is 32.9 Å². The second-order valence-corrected chi connectivity index (χ2v) is 6.83. The van der Waals surface area contributed by atoms with Crippen molar-refractivity contribution in [2.24, 2.45) is 0 Å². The number of hydrogen-bond acceptors (Lipinski definition) is 4. The van der Waals surface area contributed by atoms with Gasteiger partial charge in [0.1, 0.15) is 17.2 Å². The van der Waals surface area contributed by atoms with Gasteiger partial charge in [0.2, 0.25) is 5.88 Å². The zero-order valence-corrected chi connectivity index (χ0v) is 13.9. The second-order valence-electron chi connectivity index (χ2n) is 6.42. The first kappa shape index (κ1) is 17.7. The molecule has 0 saturated carbocycles. The molecule has 1 aliphatic heterocycles. The summed E-state index contributed by atoms with van der Waals surface area (Å²) in [6.45, 7) is 4.21. The van der Waals surface area contributed by atoms with Gasteiger partial charge in [-0.25, -0.2) is 18.6 Å². The van der Waals surface area contributed by atoms with Crippen LogP contribution in [0.1, 0.15) is 27.2 Å². The summed E-state index contributed by atoms with van der Waals surface area (Å²) in [5.41, 5.74) is -0.759. The molecule has 0 unspecified atom stereocenters. The molecule has 1 aliphatic rings. The maximum absolute atomic E-state index is 13.7. The third-order valence-corrected chi connectivity index (χ3v) is 3.43. The molecule has 0 aliphatic carbocycles. The number of pyridine rings is 1. The Hall–Kier alpha value is -1.63. The highest BCUT2D eigenvalue weighted by molar-refractivity contribution is 6.31. The lowest BCUT2D eigenvalue weighted by Crippen LogP contribution is -2.42. The number of halogens is 3. The number of aromatic nitrogens is 1. The number of rotatable bonds is 3. The van der Waals surface area contributed by atoms with Gasteiger partial charge in [0.25, 0.3) is 5.92 Å². The molecule has 8 heteroatoms. The largest absolute Gasteiger partial charge is 0.474 e. The molecule has 1 aromatic rings. The summed E-state index contributed by atoms with van der Waals surface area (Å²) in [5, 5.41) is 0.279. The molecule has 0 bridgehead atoms. The van der Waals surface area contributed by atoms with E-state index in [1.54, 1.807) is 32.9 Å². The van der Waals surface area contributed by atoms with E-state index >= 15 is 0 Å². The molecule has 5 nitrogen and oxygen atoms in total. The second kappa shape index (κ2) is 6.47. The van der Waals surface area contributed by atoms with Gasteiger partial charge in [-0.15, -0.1) is 0 Å². The van der Waals surface area contributed by atoms with Crippen LogP contribution in [-0.2, 0) is 4.74 Å². The molecule has 0 radical (unpaired) electrons. The van der Waals surface area contributed by atoms with E-state index in [0.29, 0.717) is 0 Å². The third kappa shape index (κ3) is 4.92. The number of nitrogens with zero attached hydrogens (tertiary/aromatic N) is 2. The van der Waals surface area contributed by atoms with Gasteiger partial charge >= 0.3 is 6.09 Å². The van der Waals surface area contributed by atoms with E-state index in [-0.39, 0.29) is 17.5 Å². The monoisotopic (exact) mass is 348 g/mol. The maximum atomic E-state index is 13.7. The van der Waals surface area contributed by atoms with Crippen LogP contribution < -0.4 is 4.74 Å². The summed E-state index contributed by atoms with van der Waals surface area (Å²) in [5.74, 6) is -2.83. The minimum Gasteiger partial charge on any atom is -0.474 e. The summed E-state index contributed by atoms with van der Waals surface area (Å²) in [6.07, 6.45) is 0.211. The number of likely N-dealkylation sites (tertiary alicyclic amines) is 1. The molecule has 2 heterocycles. The number of ether oxygens (including phenoxy) is 2.